The molecule has 1 rings (SSSR count). The Bertz CT molecular complexity index is 300. The molecule has 0 aliphatic heterocycles. The SMILES string of the molecule is O=C(S)Cc1ccc(=O)[nH]n1. The summed E-state index contributed by atoms with van der Waals surface area (Å²) in [6.07, 6.45) is 0.139. The summed E-state index contributed by atoms with van der Waals surface area (Å²) in [7, 11) is 0. The number of hydrogen-bond donors (Lipinski definition) is 2. The van der Waals surface area contributed by atoms with Gasteiger partial charge in [0.25, 0.3) is 5.56 Å². The summed E-state index contributed by atoms with van der Waals surface area (Å²) in [6.45, 7) is 0. The van der Waals surface area contributed by atoms with E-state index in [-0.39, 0.29) is 17.1 Å². The Morgan fingerprint density at radius 1 is 1.64 bits per heavy atom. The van der Waals surface area contributed by atoms with Gasteiger partial charge in [-0.15, -0.1) is 12.6 Å². The summed E-state index contributed by atoms with van der Waals surface area (Å²) in [5.41, 5.74) is 0.241. The first kappa shape index (κ1) is 8.00. The lowest BCUT2D eigenvalue weighted by molar-refractivity contribution is -0.110. The van der Waals surface area contributed by atoms with Gasteiger partial charge in [-0.1, -0.05) is 0 Å². The third kappa shape index (κ3) is 2.55. The van der Waals surface area contributed by atoms with E-state index in [1.807, 2.05) is 0 Å². The third-order valence-electron chi connectivity index (χ3n) is 1.07. The number of carbonyl (C=O) groups excluding carboxylic acids is 1. The van der Waals surface area contributed by atoms with Crippen LogP contribution in [0.25, 0.3) is 0 Å². The molecule has 0 unspecified atom stereocenters. The van der Waals surface area contributed by atoms with E-state index in [2.05, 4.69) is 22.8 Å². The number of carbonyl (C=O) groups is 1. The fourth-order valence-electron chi connectivity index (χ4n) is 0.627. The van der Waals surface area contributed by atoms with E-state index in [1.165, 1.54) is 12.1 Å². The van der Waals surface area contributed by atoms with Gasteiger partial charge in [0.05, 0.1) is 12.1 Å². The van der Waals surface area contributed by atoms with Crippen LogP contribution in [0.4, 0.5) is 0 Å². The summed E-state index contributed by atoms with van der Waals surface area (Å²) in [5.74, 6) is 0. The third-order valence-corrected chi connectivity index (χ3v) is 1.23. The van der Waals surface area contributed by atoms with Gasteiger partial charge in [-0.05, 0) is 6.07 Å². The highest BCUT2D eigenvalue weighted by Crippen LogP contribution is 1.93. The monoisotopic (exact) mass is 170 g/mol. The van der Waals surface area contributed by atoms with E-state index >= 15 is 0 Å². The minimum atomic E-state index is -0.277. The van der Waals surface area contributed by atoms with Gasteiger partial charge in [-0.2, -0.15) is 5.10 Å². The van der Waals surface area contributed by atoms with Crippen molar-refractivity contribution in [3.05, 3.63) is 28.2 Å². The Morgan fingerprint density at radius 2 is 2.36 bits per heavy atom. The van der Waals surface area contributed by atoms with Gasteiger partial charge < -0.3 is 0 Å². The molecule has 0 radical (unpaired) electrons. The number of rotatable bonds is 2. The van der Waals surface area contributed by atoms with Crippen LogP contribution in [-0.4, -0.2) is 15.3 Å². The Labute approximate surface area is 68.0 Å². The molecule has 0 bridgehead atoms. The van der Waals surface area contributed by atoms with Crippen LogP contribution in [0.3, 0.4) is 0 Å². The summed E-state index contributed by atoms with van der Waals surface area (Å²) < 4.78 is 0. The number of aromatic amines is 1. The molecule has 0 aromatic carbocycles. The predicted molar refractivity (Wildman–Crippen MR) is 42.6 cm³/mol. The number of nitrogens with zero attached hydrogens (tertiary/aromatic N) is 1. The van der Waals surface area contributed by atoms with Crippen LogP contribution in [0, 0.1) is 0 Å². The van der Waals surface area contributed by atoms with Crippen molar-refractivity contribution in [1.29, 1.82) is 0 Å². The molecule has 0 atom stereocenters. The lowest BCUT2D eigenvalue weighted by atomic mass is 10.3. The zero-order valence-corrected chi connectivity index (χ0v) is 6.47. The van der Waals surface area contributed by atoms with Gasteiger partial charge in [-0.25, -0.2) is 5.10 Å². The van der Waals surface area contributed by atoms with Crippen LogP contribution < -0.4 is 5.56 Å². The van der Waals surface area contributed by atoms with Crippen molar-refractivity contribution < 1.29 is 4.79 Å². The second-order valence-corrected chi connectivity index (χ2v) is 2.48. The molecule has 0 spiro atoms. The topological polar surface area (TPSA) is 62.8 Å². The van der Waals surface area contributed by atoms with Crippen molar-refractivity contribution in [3.8, 4) is 0 Å². The number of aromatic nitrogens is 2. The first-order chi connectivity index (χ1) is 5.18. The molecule has 0 fully saturated rings. The Kier molecular flexibility index (Phi) is 2.43. The summed E-state index contributed by atoms with van der Waals surface area (Å²) in [6, 6.07) is 2.81. The maximum absolute atomic E-state index is 10.5. The number of H-pyrrole nitrogens is 1. The second kappa shape index (κ2) is 3.34. The van der Waals surface area contributed by atoms with Crippen LogP contribution in [0.15, 0.2) is 16.9 Å². The predicted octanol–water partition coefficient (Wildman–Crippen LogP) is -0.231. The Hall–Kier alpha value is -1.10. The highest BCUT2D eigenvalue weighted by Gasteiger charge is 1.98. The lowest BCUT2D eigenvalue weighted by Gasteiger charge is -1.91. The largest absolute Gasteiger partial charge is 0.287 e. The number of nitrogens with one attached hydrogen (secondary N) is 1. The molecule has 0 saturated heterocycles. The van der Waals surface area contributed by atoms with Crippen LogP contribution >= 0.6 is 12.6 Å². The molecule has 1 N–H and O–H groups in total. The smallest absolute Gasteiger partial charge is 0.264 e. The van der Waals surface area contributed by atoms with Crippen molar-refractivity contribution >= 4 is 17.7 Å². The van der Waals surface area contributed by atoms with Crippen molar-refractivity contribution in [2.75, 3.05) is 0 Å². The standard InChI is InChI=1S/C6H6N2O2S/c9-5-2-1-4(7-8-5)3-6(10)11/h1-2H,3H2,(H,8,9)(H,10,11). The quantitative estimate of drug-likeness (QED) is 0.602. The molecule has 0 aliphatic rings. The molecule has 11 heavy (non-hydrogen) atoms. The van der Waals surface area contributed by atoms with Crippen molar-refractivity contribution in [3.63, 3.8) is 0 Å². The minimum Gasteiger partial charge on any atom is -0.287 e. The fraction of sp³-hybridized carbons (Fsp3) is 0.167. The fourth-order valence-corrected chi connectivity index (χ4v) is 0.789. The molecule has 0 aliphatic carbocycles. The Morgan fingerprint density at radius 3 is 2.82 bits per heavy atom. The molecule has 1 heterocycles. The number of thiol groups is 1. The van der Waals surface area contributed by atoms with Crippen LogP contribution in [0.1, 0.15) is 5.69 Å². The van der Waals surface area contributed by atoms with E-state index in [0.29, 0.717) is 5.69 Å². The molecule has 4 nitrogen and oxygen atoms in total. The molecular weight excluding hydrogens is 164 g/mol. The zero-order valence-electron chi connectivity index (χ0n) is 5.57. The van der Waals surface area contributed by atoms with Crippen LogP contribution in [0.5, 0.6) is 0 Å². The van der Waals surface area contributed by atoms with Crippen molar-refractivity contribution in [2.45, 2.75) is 6.42 Å². The van der Waals surface area contributed by atoms with Crippen molar-refractivity contribution in [2.24, 2.45) is 0 Å². The first-order valence-electron chi connectivity index (χ1n) is 2.95. The maximum Gasteiger partial charge on any atom is 0.264 e. The number of hydrogen-bond acceptors (Lipinski definition) is 3. The van der Waals surface area contributed by atoms with Gasteiger partial charge >= 0.3 is 0 Å². The molecule has 1 aromatic rings. The molecule has 58 valence electrons. The average Bonchev–Trinajstić information content (AvgIpc) is 1.93. The van der Waals surface area contributed by atoms with E-state index in [9.17, 15) is 9.59 Å². The highest BCUT2D eigenvalue weighted by atomic mass is 32.1. The highest BCUT2D eigenvalue weighted by molar-refractivity contribution is 7.96. The van der Waals surface area contributed by atoms with Crippen LogP contribution in [0.2, 0.25) is 0 Å². The Balaban J connectivity index is 2.82. The molecule has 0 amide bonds. The molecular formula is C6H6N2O2S. The maximum atomic E-state index is 10.5. The second-order valence-electron chi connectivity index (χ2n) is 1.98. The minimum absolute atomic E-state index is 0.139. The normalized spacial score (nSPS) is 9.55. The summed E-state index contributed by atoms with van der Waals surface area (Å²) >= 11 is 3.56. The van der Waals surface area contributed by atoms with E-state index in [0.717, 1.165) is 0 Å². The summed E-state index contributed by atoms with van der Waals surface area (Å²) in [5, 5.41) is 5.55. The van der Waals surface area contributed by atoms with E-state index < -0.39 is 0 Å². The lowest BCUT2D eigenvalue weighted by Crippen LogP contribution is -2.08. The van der Waals surface area contributed by atoms with Gasteiger partial charge in [0, 0.05) is 6.07 Å². The molecule has 0 saturated carbocycles. The molecule has 1 aromatic heterocycles. The summed E-state index contributed by atoms with van der Waals surface area (Å²) in [4.78, 5) is 20.9. The first-order valence-corrected chi connectivity index (χ1v) is 3.39. The van der Waals surface area contributed by atoms with Crippen LogP contribution in [-0.2, 0) is 11.2 Å². The van der Waals surface area contributed by atoms with E-state index in [4.69, 9.17) is 0 Å². The van der Waals surface area contributed by atoms with Crippen molar-refractivity contribution in [1.82, 2.24) is 10.2 Å². The average molecular weight is 170 g/mol. The zero-order chi connectivity index (χ0) is 8.27. The molecule has 5 heteroatoms. The van der Waals surface area contributed by atoms with Gasteiger partial charge in [0.15, 0.2) is 5.12 Å². The van der Waals surface area contributed by atoms with E-state index in [1.54, 1.807) is 0 Å². The van der Waals surface area contributed by atoms with Gasteiger partial charge in [0.1, 0.15) is 0 Å². The van der Waals surface area contributed by atoms with Gasteiger partial charge in [0.2, 0.25) is 0 Å². The van der Waals surface area contributed by atoms with Gasteiger partial charge in [-0.3, -0.25) is 9.59 Å².